The molecule has 0 spiro atoms. The Balaban J connectivity index is 2.87. The maximum absolute atomic E-state index is 12.3. The Hall–Kier alpha value is -1.43. The van der Waals surface area contributed by atoms with E-state index in [1.165, 1.54) is 12.3 Å². The largest absolute Gasteiger partial charge is 0.332 e. The Morgan fingerprint density at radius 2 is 2.24 bits per heavy atom. The fourth-order valence-corrected chi connectivity index (χ4v) is 1.51. The van der Waals surface area contributed by atoms with Crippen molar-refractivity contribution >= 4 is 17.5 Å². The van der Waals surface area contributed by atoms with Crippen LogP contribution in [0.15, 0.2) is 23.1 Å². The van der Waals surface area contributed by atoms with E-state index in [4.69, 9.17) is 11.6 Å². The minimum atomic E-state index is -2.64. The van der Waals surface area contributed by atoms with Gasteiger partial charge in [0.25, 0.3) is 12.3 Å². The fraction of sp³-hybridized carbons (Fsp3) is 0.400. The first-order chi connectivity index (χ1) is 8.04. The molecule has 0 saturated heterocycles. The topological polar surface area (TPSA) is 53.2 Å². The number of pyridine rings is 1. The second-order valence-electron chi connectivity index (χ2n) is 3.27. The highest BCUT2D eigenvalue weighted by molar-refractivity contribution is 6.18. The Bertz CT molecular complexity index is 436. The van der Waals surface area contributed by atoms with Crippen molar-refractivity contribution in [1.29, 1.82) is 0 Å². The van der Waals surface area contributed by atoms with Crippen molar-refractivity contribution in [2.75, 3.05) is 19.0 Å². The van der Waals surface area contributed by atoms with Crippen molar-refractivity contribution in [1.82, 2.24) is 9.88 Å². The quantitative estimate of drug-likeness (QED) is 0.816. The SMILES string of the molecule is O=C(c1cc[nH]c(=O)c1)N(CCCl)CC(F)F. The summed E-state index contributed by atoms with van der Waals surface area (Å²) >= 11 is 5.44. The molecule has 1 aromatic rings. The second kappa shape index (κ2) is 6.34. The molecule has 0 bridgehead atoms. The molecule has 0 aliphatic rings. The molecule has 0 unspecified atom stereocenters. The van der Waals surface area contributed by atoms with Crippen LogP contribution >= 0.6 is 11.6 Å². The van der Waals surface area contributed by atoms with Gasteiger partial charge in [-0.15, -0.1) is 11.6 Å². The molecule has 1 heterocycles. The maximum Gasteiger partial charge on any atom is 0.255 e. The average molecular weight is 265 g/mol. The first kappa shape index (κ1) is 13.6. The average Bonchev–Trinajstić information content (AvgIpc) is 2.27. The van der Waals surface area contributed by atoms with Crippen molar-refractivity contribution in [3.8, 4) is 0 Å². The third-order valence-corrected chi connectivity index (χ3v) is 2.19. The van der Waals surface area contributed by atoms with Gasteiger partial charge in [0.1, 0.15) is 0 Å². The minimum Gasteiger partial charge on any atom is -0.332 e. The summed E-state index contributed by atoms with van der Waals surface area (Å²) in [6, 6.07) is 2.42. The van der Waals surface area contributed by atoms with Crippen molar-refractivity contribution in [3.63, 3.8) is 0 Å². The molecule has 0 aliphatic heterocycles. The van der Waals surface area contributed by atoms with Crippen LogP contribution in [0.5, 0.6) is 0 Å². The van der Waals surface area contributed by atoms with Crippen molar-refractivity contribution in [2.45, 2.75) is 6.43 Å². The normalized spacial score (nSPS) is 10.6. The summed E-state index contributed by atoms with van der Waals surface area (Å²) in [5.74, 6) is -0.571. The predicted octanol–water partition coefficient (Wildman–Crippen LogP) is 1.32. The molecular weight excluding hydrogens is 254 g/mol. The van der Waals surface area contributed by atoms with Gasteiger partial charge >= 0.3 is 0 Å². The number of amides is 1. The van der Waals surface area contributed by atoms with Gasteiger partial charge in [0.2, 0.25) is 5.56 Å². The first-order valence-electron chi connectivity index (χ1n) is 4.86. The first-order valence-corrected chi connectivity index (χ1v) is 5.40. The van der Waals surface area contributed by atoms with E-state index in [2.05, 4.69) is 4.98 Å². The summed E-state index contributed by atoms with van der Waals surface area (Å²) in [5, 5.41) is 0. The van der Waals surface area contributed by atoms with E-state index >= 15 is 0 Å². The Morgan fingerprint density at radius 1 is 1.53 bits per heavy atom. The van der Waals surface area contributed by atoms with E-state index in [1.54, 1.807) is 0 Å². The van der Waals surface area contributed by atoms with Gasteiger partial charge < -0.3 is 9.88 Å². The predicted molar refractivity (Wildman–Crippen MR) is 59.7 cm³/mol. The minimum absolute atomic E-state index is 0.0114. The van der Waals surface area contributed by atoms with Crippen LogP contribution in [-0.4, -0.2) is 41.2 Å². The lowest BCUT2D eigenvalue weighted by molar-refractivity contribution is 0.0571. The molecular formula is C10H11ClF2N2O2. The molecule has 1 amide bonds. The van der Waals surface area contributed by atoms with Gasteiger partial charge in [-0.2, -0.15) is 0 Å². The number of nitrogens with one attached hydrogen (secondary N) is 1. The molecule has 17 heavy (non-hydrogen) atoms. The third kappa shape index (κ3) is 4.14. The van der Waals surface area contributed by atoms with Crippen LogP contribution in [0.1, 0.15) is 10.4 Å². The van der Waals surface area contributed by atoms with Crippen LogP contribution in [0, 0.1) is 0 Å². The molecule has 0 radical (unpaired) electrons. The Morgan fingerprint density at radius 3 is 2.76 bits per heavy atom. The van der Waals surface area contributed by atoms with Crippen molar-refractivity contribution < 1.29 is 13.6 Å². The van der Waals surface area contributed by atoms with Gasteiger partial charge in [0, 0.05) is 30.3 Å². The van der Waals surface area contributed by atoms with Crippen molar-refractivity contribution in [2.24, 2.45) is 0 Å². The third-order valence-electron chi connectivity index (χ3n) is 2.02. The summed E-state index contributed by atoms with van der Waals surface area (Å²) in [6.07, 6.45) is -1.35. The van der Waals surface area contributed by atoms with Crippen LogP contribution < -0.4 is 5.56 Å². The number of carbonyl (C=O) groups excluding carboxylic acids is 1. The monoisotopic (exact) mass is 264 g/mol. The number of hydrogen-bond donors (Lipinski definition) is 1. The highest BCUT2D eigenvalue weighted by Gasteiger charge is 2.19. The van der Waals surface area contributed by atoms with Crippen molar-refractivity contribution in [3.05, 3.63) is 34.2 Å². The summed E-state index contributed by atoms with van der Waals surface area (Å²) in [4.78, 5) is 26.1. The number of halogens is 3. The molecule has 94 valence electrons. The van der Waals surface area contributed by atoms with Gasteiger partial charge in [-0.25, -0.2) is 8.78 Å². The van der Waals surface area contributed by atoms with Crippen LogP contribution in [0.3, 0.4) is 0 Å². The lowest BCUT2D eigenvalue weighted by atomic mass is 10.2. The summed E-state index contributed by atoms with van der Waals surface area (Å²) < 4.78 is 24.5. The molecule has 0 aliphatic carbocycles. The van der Waals surface area contributed by atoms with E-state index in [-0.39, 0.29) is 18.0 Å². The molecule has 7 heteroatoms. The number of aromatic nitrogens is 1. The number of alkyl halides is 3. The molecule has 0 saturated carbocycles. The zero-order valence-corrected chi connectivity index (χ0v) is 9.58. The lowest BCUT2D eigenvalue weighted by Crippen LogP contribution is -2.37. The van der Waals surface area contributed by atoms with E-state index in [1.807, 2.05) is 0 Å². The van der Waals surface area contributed by atoms with E-state index in [0.717, 1.165) is 11.0 Å². The highest BCUT2D eigenvalue weighted by atomic mass is 35.5. The highest BCUT2D eigenvalue weighted by Crippen LogP contribution is 2.05. The zero-order chi connectivity index (χ0) is 12.8. The second-order valence-corrected chi connectivity index (χ2v) is 3.65. The fourth-order valence-electron chi connectivity index (χ4n) is 1.30. The number of H-pyrrole nitrogens is 1. The summed E-state index contributed by atoms with van der Waals surface area (Å²) in [7, 11) is 0. The molecule has 4 nitrogen and oxygen atoms in total. The Labute approximate surface area is 101 Å². The van der Waals surface area contributed by atoms with E-state index < -0.39 is 24.4 Å². The number of aromatic amines is 1. The summed E-state index contributed by atoms with van der Waals surface area (Å²) in [6.45, 7) is -0.685. The van der Waals surface area contributed by atoms with Gasteiger partial charge in [-0.05, 0) is 6.07 Å². The molecule has 0 atom stereocenters. The van der Waals surface area contributed by atoms with Gasteiger partial charge in [-0.1, -0.05) is 0 Å². The Kier molecular flexibility index (Phi) is 5.09. The molecule has 1 rings (SSSR count). The number of rotatable bonds is 5. The van der Waals surface area contributed by atoms with Gasteiger partial charge in [-0.3, -0.25) is 9.59 Å². The smallest absolute Gasteiger partial charge is 0.255 e. The number of hydrogen-bond acceptors (Lipinski definition) is 2. The van der Waals surface area contributed by atoms with Crippen LogP contribution in [-0.2, 0) is 0 Å². The molecule has 0 fully saturated rings. The van der Waals surface area contributed by atoms with Crippen LogP contribution in [0.25, 0.3) is 0 Å². The lowest BCUT2D eigenvalue weighted by Gasteiger charge is -2.20. The maximum atomic E-state index is 12.3. The summed E-state index contributed by atoms with van der Waals surface area (Å²) in [5.41, 5.74) is -0.391. The van der Waals surface area contributed by atoms with Crippen LogP contribution in [0.2, 0.25) is 0 Å². The standard InChI is InChI=1S/C10H11ClF2N2O2/c11-2-4-15(6-8(12)13)10(17)7-1-3-14-9(16)5-7/h1,3,5,8H,2,4,6H2,(H,14,16). The molecule has 1 N–H and O–H groups in total. The van der Waals surface area contributed by atoms with Gasteiger partial charge in [0.15, 0.2) is 0 Å². The number of carbonyl (C=O) groups is 1. The van der Waals surface area contributed by atoms with E-state index in [0.29, 0.717) is 0 Å². The van der Waals surface area contributed by atoms with Gasteiger partial charge in [0.05, 0.1) is 6.54 Å². The van der Waals surface area contributed by atoms with Crippen LogP contribution in [0.4, 0.5) is 8.78 Å². The number of nitrogens with zero attached hydrogens (tertiary/aromatic N) is 1. The molecule has 0 aromatic carbocycles. The molecule has 1 aromatic heterocycles. The zero-order valence-electron chi connectivity index (χ0n) is 8.83. The van der Waals surface area contributed by atoms with E-state index in [9.17, 15) is 18.4 Å².